The van der Waals surface area contributed by atoms with Crippen LogP contribution in [-0.4, -0.2) is 34.6 Å². The summed E-state index contributed by atoms with van der Waals surface area (Å²) in [5, 5.41) is 2.71. The Hall–Kier alpha value is -3.72. The smallest absolute Gasteiger partial charge is 0.265 e. The highest BCUT2D eigenvalue weighted by molar-refractivity contribution is 7.92. The van der Waals surface area contributed by atoms with Crippen LogP contribution in [0.5, 0.6) is 17.2 Å². The quantitative estimate of drug-likeness (QED) is 0.506. The highest BCUT2D eigenvalue weighted by atomic mass is 32.2. The van der Waals surface area contributed by atoms with Gasteiger partial charge in [-0.05, 0) is 67.6 Å². The summed E-state index contributed by atoms with van der Waals surface area (Å²) in [6.45, 7) is 1.61. The number of carbonyl (C=O) groups is 1. The fourth-order valence-electron chi connectivity index (χ4n) is 2.79. The van der Waals surface area contributed by atoms with E-state index in [0.717, 1.165) is 0 Å². The Morgan fingerprint density at radius 1 is 0.812 bits per heavy atom. The molecule has 0 saturated carbocycles. The van der Waals surface area contributed by atoms with Crippen molar-refractivity contribution in [3.8, 4) is 17.2 Å². The lowest BCUT2D eigenvalue weighted by Crippen LogP contribution is -2.30. The summed E-state index contributed by atoms with van der Waals surface area (Å²) in [5.41, 5.74) is 0.847. The van der Waals surface area contributed by atoms with E-state index in [9.17, 15) is 13.2 Å². The van der Waals surface area contributed by atoms with Crippen molar-refractivity contribution in [2.45, 2.75) is 17.9 Å². The first-order valence-electron chi connectivity index (χ1n) is 9.70. The second-order valence-corrected chi connectivity index (χ2v) is 8.44. The summed E-state index contributed by atoms with van der Waals surface area (Å²) >= 11 is 0. The molecule has 9 heteroatoms. The van der Waals surface area contributed by atoms with Crippen LogP contribution in [0.25, 0.3) is 0 Å². The van der Waals surface area contributed by atoms with Crippen molar-refractivity contribution in [3.63, 3.8) is 0 Å². The van der Waals surface area contributed by atoms with E-state index in [0.29, 0.717) is 28.6 Å². The number of anilines is 2. The molecule has 32 heavy (non-hydrogen) atoms. The number of sulfonamides is 1. The fourth-order valence-corrected chi connectivity index (χ4v) is 3.85. The Bertz CT molecular complexity index is 1160. The van der Waals surface area contributed by atoms with Crippen molar-refractivity contribution in [2.24, 2.45) is 0 Å². The molecule has 0 fully saturated rings. The number of hydrogen-bond acceptors (Lipinski definition) is 6. The molecule has 2 N–H and O–H groups in total. The monoisotopic (exact) mass is 456 g/mol. The van der Waals surface area contributed by atoms with Crippen LogP contribution in [0.4, 0.5) is 11.4 Å². The molecule has 0 heterocycles. The minimum Gasteiger partial charge on any atom is -0.497 e. The van der Waals surface area contributed by atoms with Crippen LogP contribution in [0.1, 0.15) is 6.92 Å². The highest BCUT2D eigenvalue weighted by Crippen LogP contribution is 2.27. The second kappa shape index (κ2) is 10.1. The molecule has 0 aromatic heterocycles. The summed E-state index contributed by atoms with van der Waals surface area (Å²) in [6, 6.07) is 19.4. The van der Waals surface area contributed by atoms with Crippen LogP contribution < -0.4 is 24.2 Å². The van der Waals surface area contributed by atoms with Crippen LogP contribution >= 0.6 is 0 Å². The van der Waals surface area contributed by atoms with Crippen molar-refractivity contribution in [3.05, 3.63) is 72.8 Å². The maximum absolute atomic E-state index is 12.6. The van der Waals surface area contributed by atoms with E-state index < -0.39 is 16.1 Å². The molecule has 1 amide bonds. The lowest BCUT2D eigenvalue weighted by atomic mass is 10.3. The van der Waals surface area contributed by atoms with Crippen LogP contribution in [-0.2, 0) is 14.8 Å². The Labute approximate surface area is 187 Å². The number of ether oxygens (including phenoxy) is 3. The largest absolute Gasteiger partial charge is 0.497 e. The van der Waals surface area contributed by atoms with E-state index in [-0.39, 0.29) is 10.8 Å². The third-order valence-corrected chi connectivity index (χ3v) is 5.91. The van der Waals surface area contributed by atoms with Gasteiger partial charge < -0.3 is 19.5 Å². The molecule has 0 unspecified atom stereocenters. The minimum atomic E-state index is -3.78. The van der Waals surface area contributed by atoms with E-state index in [4.69, 9.17) is 14.2 Å². The van der Waals surface area contributed by atoms with Gasteiger partial charge in [-0.1, -0.05) is 12.1 Å². The number of nitrogens with one attached hydrogen (secondary N) is 2. The van der Waals surface area contributed by atoms with E-state index >= 15 is 0 Å². The molecule has 0 spiro atoms. The lowest BCUT2D eigenvalue weighted by Gasteiger charge is -2.16. The van der Waals surface area contributed by atoms with Crippen LogP contribution in [0.2, 0.25) is 0 Å². The standard InChI is InChI=1S/C23H24N2O6S/c1-16(31-22-7-5-4-6-21(22)30-3)23(26)24-17-10-14-20(15-11-17)32(27,28)25-18-8-12-19(29-2)13-9-18/h4-16,25H,1-3H3,(H,24,26)/t16-/m1/s1. The van der Waals surface area contributed by atoms with Gasteiger partial charge in [-0.25, -0.2) is 8.42 Å². The summed E-state index contributed by atoms with van der Waals surface area (Å²) in [5.74, 6) is 1.20. The third-order valence-electron chi connectivity index (χ3n) is 4.52. The Kier molecular flexibility index (Phi) is 7.21. The molecule has 3 aromatic rings. The summed E-state index contributed by atoms with van der Waals surface area (Å²) < 4.78 is 43.7. The molecule has 0 aliphatic rings. The SMILES string of the molecule is COc1ccc(NS(=O)(=O)c2ccc(NC(=O)[C@@H](C)Oc3ccccc3OC)cc2)cc1. The minimum absolute atomic E-state index is 0.0598. The topological polar surface area (TPSA) is 103 Å². The summed E-state index contributed by atoms with van der Waals surface area (Å²) in [6.07, 6.45) is -0.800. The van der Waals surface area contributed by atoms with Gasteiger partial charge in [0.05, 0.1) is 19.1 Å². The number of carbonyl (C=O) groups excluding carboxylic acids is 1. The zero-order chi connectivity index (χ0) is 23.1. The van der Waals surface area contributed by atoms with Gasteiger partial charge >= 0.3 is 0 Å². The van der Waals surface area contributed by atoms with E-state index in [1.807, 2.05) is 0 Å². The average molecular weight is 457 g/mol. The van der Waals surface area contributed by atoms with Crippen molar-refractivity contribution in [1.29, 1.82) is 0 Å². The zero-order valence-corrected chi connectivity index (χ0v) is 18.7. The van der Waals surface area contributed by atoms with Crippen molar-refractivity contribution in [2.75, 3.05) is 24.3 Å². The summed E-state index contributed by atoms with van der Waals surface area (Å²) in [4.78, 5) is 12.5. The molecular formula is C23H24N2O6S. The van der Waals surface area contributed by atoms with Gasteiger partial charge in [0.2, 0.25) is 0 Å². The number of rotatable bonds is 9. The first kappa shape index (κ1) is 23.0. The van der Waals surface area contributed by atoms with E-state index in [2.05, 4.69) is 10.0 Å². The first-order chi connectivity index (χ1) is 15.3. The van der Waals surface area contributed by atoms with Gasteiger partial charge in [0.25, 0.3) is 15.9 Å². The Balaban J connectivity index is 1.63. The van der Waals surface area contributed by atoms with Gasteiger partial charge in [-0.2, -0.15) is 0 Å². The fraction of sp³-hybridized carbons (Fsp3) is 0.174. The third kappa shape index (κ3) is 5.70. The van der Waals surface area contributed by atoms with E-state index in [1.165, 1.54) is 38.5 Å². The van der Waals surface area contributed by atoms with Crippen LogP contribution in [0.3, 0.4) is 0 Å². The zero-order valence-electron chi connectivity index (χ0n) is 17.9. The predicted molar refractivity (Wildman–Crippen MR) is 122 cm³/mol. The molecule has 168 valence electrons. The highest BCUT2D eigenvalue weighted by Gasteiger charge is 2.18. The first-order valence-corrected chi connectivity index (χ1v) is 11.2. The number of benzene rings is 3. The Morgan fingerprint density at radius 2 is 1.41 bits per heavy atom. The number of methoxy groups -OCH3 is 2. The molecular weight excluding hydrogens is 432 g/mol. The Morgan fingerprint density at radius 3 is 2.00 bits per heavy atom. The maximum Gasteiger partial charge on any atom is 0.265 e. The van der Waals surface area contributed by atoms with Gasteiger partial charge in [0, 0.05) is 11.4 Å². The van der Waals surface area contributed by atoms with Crippen LogP contribution in [0, 0.1) is 0 Å². The molecule has 0 aliphatic carbocycles. The van der Waals surface area contributed by atoms with Crippen molar-refractivity contribution >= 4 is 27.3 Å². The number of para-hydroxylation sites is 2. The number of hydrogen-bond donors (Lipinski definition) is 2. The van der Waals surface area contributed by atoms with E-state index in [1.54, 1.807) is 55.5 Å². The summed E-state index contributed by atoms with van der Waals surface area (Å²) in [7, 11) is -0.732. The van der Waals surface area contributed by atoms with Gasteiger partial charge in [0.15, 0.2) is 17.6 Å². The molecule has 0 saturated heterocycles. The predicted octanol–water partition coefficient (Wildman–Crippen LogP) is 3.91. The molecule has 0 bridgehead atoms. The van der Waals surface area contributed by atoms with Gasteiger partial charge in [-0.15, -0.1) is 0 Å². The lowest BCUT2D eigenvalue weighted by molar-refractivity contribution is -0.122. The normalized spacial score (nSPS) is 11.8. The molecule has 0 radical (unpaired) electrons. The van der Waals surface area contributed by atoms with Crippen molar-refractivity contribution < 1.29 is 27.4 Å². The molecule has 3 aromatic carbocycles. The van der Waals surface area contributed by atoms with Crippen LogP contribution in [0.15, 0.2) is 77.7 Å². The average Bonchev–Trinajstić information content (AvgIpc) is 2.80. The van der Waals surface area contributed by atoms with Gasteiger partial charge in [-0.3, -0.25) is 9.52 Å². The molecule has 8 nitrogen and oxygen atoms in total. The van der Waals surface area contributed by atoms with Gasteiger partial charge in [0.1, 0.15) is 5.75 Å². The molecule has 3 rings (SSSR count). The maximum atomic E-state index is 12.6. The second-order valence-electron chi connectivity index (χ2n) is 6.76. The number of amides is 1. The molecule has 0 aliphatic heterocycles. The van der Waals surface area contributed by atoms with Crippen molar-refractivity contribution in [1.82, 2.24) is 0 Å². The molecule has 1 atom stereocenters.